The molecule has 0 spiro atoms. The summed E-state index contributed by atoms with van der Waals surface area (Å²) in [6.07, 6.45) is 10.1. The highest BCUT2D eigenvalue weighted by molar-refractivity contribution is 5.86. The number of benzene rings is 1. The van der Waals surface area contributed by atoms with Gasteiger partial charge < -0.3 is 14.5 Å². The van der Waals surface area contributed by atoms with Gasteiger partial charge in [-0.3, -0.25) is 4.99 Å². The molecule has 0 aromatic heterocycles. The van der Waals surface area contributed by atoms with Crippen LogP contribution in [0.15, 0.2) is 29.3 Å². The number of rotatable bonds is 10. The van der Waals surface area contributed by atoms with Gasteiger partial charge in [0.05, 0.1) is 19.5 Å². The van der Waals surface area contributed by atoms with E-state index in [1.165, 1.54) is 12.7 Å². The minimum Gasteiger partial charge on any atom is -0.467 e. The van der Waals surface area contributed by atoms with Crippen molar-refractivity contribution in [2.45, 2.75) is 82.8 Å². The van der Waals surface area contributed by atoms with Gasteiger partial charge in [0.2, 0.25) is 0 Å². The summed E-state index contributed by atoms with van der Waals surface area (Å²) < 4.78 is 18.7. The van der Waals surface area contributed by atoms with Crippen LogP contribution in [0.25, 0.3) is 0 Å². The zero-order valence-electron chi connectivity index (χ0n) is 21.1. The Hall–Kier alpha value is -1.95. The third kappa shape index (κ3) is 5.59. The van der Waals surface area contributed by atoms with Gasteiger partial charge in [-0.2, -0.15) is 0 Å². The SMILES string of the molecule is CCCN1C=NC(CCC)(C(=O)OC)C1CC1CCC(C(c2ccc(F)cc2)N(C)C)CC1. The summed E-state index contributed by atoms with van der Waals surface area (Å²) >= 11 is 0. The van der Waals surface area contributed by atoms with Crippen LogP contribution in [0.4, 0.5) is 4.39 Å². The molecule has 33 heavy (non-hydrogen) atoms. The number of hydrogen-bond donors (Lipinski definition) is 0. The Bertz CT molecular complexity index is 789. The number of carbonyl (C=O) groups excluding carboxylic acids is 1. The molecule has 1 fully saturated rings. The van der Waals surface area contributed by atoms with Gasteiger partial charge in [-0.05, 0) is 75.7 Å². The van der Waals surface area contributed by atoms with Crippen molar-refractivity contribution in [1.82, 2.24) is 9.80 Å². The fraction of sp³-hybridized carbons (Fsp3) is 0.704. The average molecular weight is 460 g/mol. The number of nitrogens with zero attached hydrogens (tertiary/aromatic N) is 3. The molecule has 3 atom stereocenters. The summed E-state index contributed by atoms with van der Waals surface area (Å²) in [4.78, 5) is 22.3. The Balaban J connectivity index is 1.71. The largest absolute Gasteiger partial charge is 0.467 e. The third-order valence-electron chi connectivity index (χ3n) is 7.70. The third-order valence-corrected chi connectivity index (χ3v) is 7.70. The van der Waals surface area contributed by atoms with E-state index in [4.69, 9.17) is 9.73 Å². The lowest BCUT2D eigenvalue weighted by Gasteiger charge is -2.41. The highest BCUT2D eigenvalue weighted by Crippen LogP contribution is 2.43. The maximum Gasteiger partial charge on any atom is 0.335 e. The Morgan fingerprint density at radius 3 is 2.39 bits per heavy atom. The van der Waals surface area contributed by atoms with Gasteiger partial charge in [0.25, 0.3) is 0 Å². The standard InChI is InChI=1S/C27H42FN3O2/c1-6-16-27(26(32)33-5)24(31(17-7-2)19-29-27)18-20-8-10-21(11-9-20)25(30(3)4)22-12-14-23(28)15-13-22/h12-15,19-21,24-25H,6-11,16-18H2,1-5H3. The van der Waals surface area contributed by atoms with Crippen LogP contribution >= 0.6 is 0 Å². The van der Waals surface area contributed by atoms with Gasteiger partial charge in [-0.25, -0.2) is 9.18 Å². The molecule has 1 saturated carbocycles. The molecular weight excluding hydrogens is 417 g/mol. The van der Waals surface area contributed by atoms with E-state index in [0.717, 1.165) is 57.9 Å². The lowest BCUT2D eigenvalue weighted by Crippen LogP contribution is -2.52. The number of ether oxygens (including phenoxy) is 1. The average Bonchev–Trinajstić information content (AvgIpc) is 3.14. The molecule has 0 amide bonds. The van der Waals surface area contributed by atoms with Gasteiger partial charge in [-0.1, -0.05) is 45.2 Å². The van der Waals surface area contributed by atoms with E-state index in [1.54, 1.807) is 12.1 Å². The highest BCUT2D eigenvalue weighted by Gasteiger charge is 2.52. The summed E-state index contributed by atoms with van der Waals surface area (Å²) in [7, 11) is 5.72. The van der Waals surface area contributed by atoms with Crippen molar-refractivity contribution in [3.63, 3.8) is 0 Å². The first kappa shape index (κ1) is 25.7. The molecule has 3 rings (SSSR count). The lowest BCUT2D eigenvalue weighted by atomic mass is 9.72. The number of esters is 1. The minimum absolute atomic E-state index is 0.0770. The molecule has 184 valence electrons. The smallest absolute Gasteiger partial charge is 0.335 e. The molecule has 3 unspecified atom stereocenters. The molecule has 2 aliphatic rings. The number of hydrogen-bond acceptors (Lipinski definition) is 5. The first-order chi connectivity index (χ1) is 15.9. The zero-order valence-corrected chi connectivity index (χ0v) is 21.1. The van der Waals surface area contributed by atoms with Crippen LogP contribution in [-0.2, 0) is 9.53 Å². The molecule has 0 bridgehead atoms. The fourth-order valence-electron chi connectivity index (χ4n) is 6.21. The maximum absolute atomic E-state index is 13.5. The van der Waals surface area contributed by atoms with Crippen LogP contribution in [0.1, 0.15) is 76.8 Å². The molecule has 5 nitrogen and oxygen atoms in total. The van der Waals surface area contributed by atoms with E-state index in [0.29, 0.717) is 17.9 Å². The van der Waals surface area contributed by atoms with Gasteiger partial charge >= 0.3 is 5.97 Å². The van der Waals surface area contributed by atoms with E-state index < -0.39 is 5.54 Å². The van der Waals surface area contributed by atoms with Gasteiger partial charge in [0.15, 0.2) is 5.54 Å². The molecule has 1 aromatic rings. The molecule has 0 radical (unpaired) electrons. The predicted octanol–water partition coefficient (Wildman–Crippen LogP) is 5.46. The number of aliphatic imine (C=N–C) groups is 1. The number of halogens is 1. The molecule has 0 saturated heterocycles. The summed E-state index contributed by atoms with van der Waals surface area (Å²) in [6.45, 7) is 5.20. The summed E-state index contributed by atoms with van der Waals surface area (Å²) in [5.74, 6) is 0.747. The van der Waals surface area contributed by atoms with E-state index >= 15 is 0 Å². The van der Waals surface area contributed by atoms with Gasteiger partial charge in [0, 0.05) is 12.6 Å². The second-order valence-electron chi connectivity index (χ2n) is 10.1. The Labute approximate surface area is 199 Å². The fourth-order valence-corrected chi connectivity index (χ4v) is 6.21. The van der Waals surface area contributed by atoms with Crippen LogP contribution in [0, 0.1) is 17.7 Å². The van der Waals surface area contributed by atoms with Gasteiger partial charge in [0.1, 0.15) is 5.82 Å². The second kappa shape index (κ2) is 11.5. The topological polar surface area (TPSA) is 45.1 Å². The Kier molecular flexibility index (Phi) is 8.91. The van der Waals surface area contributed by atoms with E-state index in [1.807, 2.05) is 18.5 Å². The summed E-state index contributed by atoms with van der Waals surface area (Å²) in [5, 5.41) is 0. The van der Waals surface area contributed by atoms with E-state index in [9.17, 15) is 9.18 Å². The molecule has 1 aliphatic heterocycles. The molecular formula is C27H42FN3O2. The number of methoxy groups -OCH3 is 1. The van der Waals surface area contributed by atoms with Crippen molar-refractivity contribution in [2.75, 3.05) is 27.7 Å². The van der Waals surface area contributed by atoms with E-state index in [2.05, 4.69) is 37.7 Å². The Morgan fingerprint density at radius 1 is 1.18 bits per heavy atom. The van der Waals surface area contributed by atoms with Crippen LogP contribution in [0.5, 0.6) is 0 Å². The minimum atomic E-state index is -0.768. The second-order valence-corrected chi connectivity index (χ2v) is 10.1. The lowest BCUT2D eigenvalue weighted by molar-refractivity contribution is -0.149. The molecule has 1 aliphatic carbocycles. The molecule has 1 aromatic carbocycles. The molecule has 1 heterocycles. The number of carbonyl (C=O) groups is 1. The van der Waals surface area contributed by atoms with Crippen LogP contribution in [-0.4, -0.2) is 61.4 Å². The van der Waals surface area contributed by atoms with Crippen molar-refractivity contribution >= 4 is 12.3 Å². The highest BCUT2D eigenvalue weighted by atomic mass is 19.1. The first-order valence-corrected chi connectivity index (χ1v) is 12.7. The first-order valence-electron chi connectivity index (χ1n) is 12.7. The molecule has 6 heteroatoms. The van der Waals surface area contributed by atoms with Crippen molar-refractivity contribution < 1.29 is 13.9 Å². The van der Waals surface area contributed by atoms with Crippen molar-refractivity contribution in [1.29, 1.82) is 0 Å². The zero-order chi connectivity index (χ0) is 24.0. The van der Waals surface area contributed by atoms with Crippen LogP contribution < -0.4 is 0 Å². The summed E-state index contributed by atoms with van der Waals surface area (Å²) in [5.41, 5.74) is 0.423. The van der Waals surface area contributed by atoms with E-state index in [-0.39, 0.29) is 17.8 Å². The Morgan fingerprint density at radius 2 is 1.85 bits per heavy atom. The summed E-state index contributed by atoms with van der Waals surface area (Å²) in [6, 6.07) is 7.38. The quantitative estimate of drug-likeness (QED) is 0.436. The maximum atomic E-state index is 13.5. The van der Waals surface area contributed by atoms with Crippen molar-refractivity contribution in [3.05, 3.63) is 35.6 Å². The normalized spacial score (nSPS) is 28.3. The monoisotopic (exact) mass is 459 g/mol. The predicted molar refractivity (Wildman–Crippen MR) is 132 cm³/mol. The van der Waals surface area contributed by atoms with Crippen LogP contribution in [0.2, 0.25) is 0 Å². The van der Waals surface area contributed by atoms with Gasteiger partial charge in [-0.15, -0.1) is 0 Å². The molecule has 0 N–H and O–H groups in total. The van der Waals surface area contributed by atoms with Crippen LogP contribution in [0.3, 0.4) is 0 Å². The van der Waals surface area contributed by atoms with Crippen molar-refractivity contribution in [3.8, 4) is 0 Å². The van der Waals surface area contributed by atoms with Crippen molar-refractivity contribution in [2.24, 2.45) is 16.8 Å².